The van der Waals surface area contributed by atoms with Gasteiger partial charge in [-0.15, -0.1) is 0 Å². The van der Waals surface area contributed by atoms with Crippen LogP contribution in [-0.4, -0.2) is 22.3 Å². The first-order valence-electron chi connectivity index (χ1n) is 8.40. The minimum Gasteiger partial charge on any atom is -0.435 e. The Hall–Kier alpha value is -3.26. The number of carbonyl (C=O) groups excluding carboxylic acids is 1. The molecular weight excluding hydrogens is 407 g/mol. The Kier molecular flexibility index (Phi) is 6.56. The normalized spacial score (nSPS) is 11.2. The summed E-state index contributed by atoms with van der Waals surface area (Å²) < 4.78 is 43.8. The van der Waals surface area contributed by atoms with E-state index in [1.165, 1.54) is 59.4 Å². The molecule has 1 aromatic heterocycles. The third kappa shape index (κ3) is 5.86. The Labute approximate surface area is 169 Å². The van der Waals surface area contributed by atoms with Crippen LogP contribution in [0, 0.1) is 5.82 Å². The highest BCUT2D eigenvalue weighted by Crippen LogP contribution is 2.20. The van der Waals surface area contributed by atoms with Crippen LogP contribution in [0.1, 0.15) is 11.1 Å². The zero-order valence-electron chi connectivity index (χ0n) is 14.9. The second kappa shape index (κ2) is 9.29. The number of halogens is 4. The van der Waals surface area contributed by atoms with Crippen molar-refractivity contribution in [1.29, 1.82) is 0 Å². The highest BCUT2D eigenvalue weighted by atomic mass is 35.5. The van der Waals surface area contributed by atoms with E-state index in [-0.39, 0.29) is 12.3 Å². The summed E-state index contributed by atoms with van der Waals surface area (Å²) in [6.45, 7) is -2.78. The third-order valence-electron chi connectivity index (χ3n) is 3.82. The van der Waals surface area contributed by atoms with Gasteiger partial charge < -0.3 is 10.1 Å². The van der Waals surface area contributed by atoms with Crippen LogP contribution < -0.4 is 10.1 Å². The summed E-state index contributed by atoms with van der Waals surface area (Å²) in [5, 5.41) is 6.99. The average molecular weight is 422 g/mol. The van der Waals surface area contributed by atoms with Crippen LogP contribution in [0.2, 0.25) is 5.02 Å². The van der Waals surface area contributed by atoms with Crippen molar-refractivity contribution in [2.45, 2.75) is 13.2 Å². The quantitative estimate of drug-likeness (QED) is 0.547. The van der Waals surface area contributed by atoms with E-state index < -0.39 is 18.3 Å². The van der Waals surface area contributed by atoms with E-state index in [9.17, 15) is 18.0 Å². The summed E-state index contributed by atoms with van der Waals surface area (Å²) in [6, 6.07) is 10.2. The van der Waals surface area contributed by atoms with Crippen molar-refractivity contribution in [3.63, 3.8) is 0 Å². The molecular formula is C20H15ClF3N3O2. The highest BCUT2D eigenvalue weighted by Gasteiger charge is 2.09. The topological polar surface area (TPSA) is 56.1 Å². The standard InChI is InChI=1S/C20H15ClF3N3O2/c21-17-2-1-3-18(22)16(17)12-27-11-14(10-25-27)26-19(28)9-6-13-4-7-15(8-5-13)29-20(23)24/h1-11,20H,12H2,(H,26,28)/b9-6-. The minimum absolute atomic E-state index is 0.0315. The molecule has 29 heavy (non-hydrogen) atoms. The van der Waals surface area contributed by atoms with E-state index >= 15 is 0 Å². The molecule has 1 amide bonds. The maximum Gasteiger partial charge on any atom is 0.387 e. The molecule has 1 heterocycles. The number of aromatic nitrogens is 2. The van der Waals surface area contributed by atoms with E-state index in [1.807, 2.05) is 0 Å². The monoisotopic (exact) mass is 421 g/mol. The molecule has 0 fully saturated rings. The molecule has 9 heteroatoms. The Balaban J connectivity index is 1.58. The van der Waals surface area contributed by atoms with Gasteiger partial charge in [-0.05, 0) is 35.9 Å². The lowest BCUT2D eigenvalue weighted by Crippen LogP contribution is -2.07. The number of ether oxygens (including phenoxy) is 1. The molecule has 0 unspecified atom stereocenters. The Morgan fingerprint density at radius 2 is 2.00 bits per heavy atom. The Morgan fingerprint density at radius 3 is 2.69 bits per heavy atom. The molecule has 0 saturated carbocycles. The molecule has 0 bridgehead atoms. The van der Waals surface area contributed by atoms with Crippen molar-refractivity contribution in [3.05, 3.63) is 82.9 Å². The largest absolute Gasteiger partial charge is 0.435 e. The number of benzene rings is 2. The number of rotatable bonds is 7. The van der Waals surface area contributed by atoms with Gasteiger partial charge in [0.1, 0.15) is 11.6 Å². The molecule has 3 rings (SSSR count). The summed E-state index contributed by atoms with van der Waals surface area (Å²) in [5.74, 6) is -0.822. The molecule has 0 spiro atoms. The van der Waals surface area contributed by atoms with Crippen LogP contribution in [0.3, 0.4) is 0 Å². The van der Waals surface area contributed by atoms with Gasteiger partial charge in [0.15, 0.2) is 0 Å². The van der Waals surface area contributed by atoms with Gasteiger partial charge in [-0.25, -0.2) is 4.39 Å². The van der Waals surface area contributed by atoms with Gasteiger partial charge in [0, 0.05) is 22.9 Å². The molecule has 3 aromatic rings. The number of carbonyl (C=O) groups is 1. The zero-order valence-corrected chi connectivity index (χ0v) is 15.6. The summed E-state index contributed by atoms with van der Waals surface area (Å²) in [6.07, 6.45) is 5.78. The minimum atomic E-state index is -2.89. The molecule has 0 aliphatic heterocycles. The van der Waals surface area contributed by atoms with Gasteiger partial charge in [0.2, 0.25) is 5.91 Å². The van der Waals surface area contributed by atoms with Crippen LogP contribution in [0.5, 0.6) is 5.75 Å². The molecule has 1 N–H and O–H groups in total. The number of anilines is 1. The molecule has 2 aromatic carbocycles. The number of nitrogens with one attached hydrogen (secondary N) is 1. The van der Waals surface area contributed by atoms with E-state index in [0.717, 1.165) is 0 Å². The van der Waals surface area contributed by atoms with E-state index in [1.54, 1.807) is 12.3 Å². The number of alkyl halides is 2. The fraction of sp³-hybridized carbons (Fsp3) is 0.100. The fourth-order valence-corrected chi connectivity index (χ4v) is 2.70. The van der Waals surface area contributed by atoms with Gasteiger partial charge in [-0.2, -0.15) is 13.9 Å². The van der Waals surface area contributed by atoms with Gasteiger partial charge >= 0.3 is 6.61 Å². The molecule has 0 aliphatic rings. The third-order valence-corrected chi connectivity index (χ3v) is 4.17. The van der Waals surface area contributed by atoms with Gasteiger partial charge in [-0.1, -0.05) is 29.8 Å². The number of amides is 1. The van der Waals surface area contributed by atoms with Crippen molar-refractivity contribution in [2.24, 2.45) is 0 Å². The first kappa shape index (κ1) is 20.5. The summed E-state index contributed by atoms with van der Waals surface area (Å²) in [4.78, 5) is 12.0. The maximum absolute atomic E-state index is 13.9. The zero-order chi connectivity index (χ0) is 20.8. The van der Waals surface area contributed by atoms with Crippen LogP contribution in [-0.2, 0) is 11.3 Å². The average Bonchev–Trinajstić information content (AvgIpc) is 3.11. The van der Waals surface area contributed by atoms with Gasteiger partial charge in [-0.3, -0.25) is 9.48 Å². The van der Waals surface area contributed by atoms with Crippen molar-refractivity contribution in [1.82, 2.24) is 9.78 Å². The first-order valence-corrected chi connectivity index (χ1v) is 8.78. The Morgan fingerprint density at radius 1 is 1.24 bits per heavy atom. The summed E-state index contributed by atoms with van der Waals surface area (Å²) >= 11 is 6.00. The molecule has 5 nitrogen and oxygen atoms in total. The van der Waals surface area contributed by atoms with Crippen molar-refractivity contribution < 1.29 is 22.7 Å². The van der Waals surface area contributed by atoms with Crippen molar-refractivity contribution in [2.75, 3.05) is 5.32 Å². The fourth-order valence-electron chi connectivity index (χ4n) is 2.48. The molecule has 0 aliphatic carbocycles. The number of hydrogen-bond donors (Lipinski definition) is 1. The van der Waals surface area contributed by atoms with Gasteiger partial charge in [0.25, 0.3) is 0 Å². The molecule has 0 saturated heterocycles. The predicted octanol–water partition coefficient (Wildman–Crippen LogP) is 4.98. The first-order chi connectivity index (χ1) is 13.9. The number of nitrogens with zero attached hydrogens (tertiary/aromatic N) is 2. The van der Waals surface area contributed by atoms with E-state index in [4.69, 9.17) is 11.6 Å². The van der Waals surface area contributed by atoms with E-state index in [0.29, 0.717) is 21.8 Å². The smallest absolute Gasteiger partial charge is 0.387 e. The molecule has 0 atom stereocenters. The predicted molar refractivity (Wildman–Crippen MR) is 103 cm³/mol. The Bertz CT molecular complexity index is 1000. The lowest BCUT2D eigenvalue weighted by atomic mass is 10.2. The van der Waals surface area contributed by atoms with E-state index in [2.05, 4.69) is 15.2 Å². The van der Waals surface area contributed by atoms with Gasteiger partial charge in [0.05, 0.1) is 18.4 Å². The summed E-state index contributed by atoms with van der Waals surface area (Å²) in [5.41, 5.74) is 1.36. The van der Waals surface area contributed by atoms with Crippen molar-refractivity contribution in [3.8, 4) is 5.75 Å². The number of hydrogen-bond acceptors (Lipinski definition) is 3. The second-order valence-corrected chi connectivity index (χ2v) is 6.30. The lowest BCUT2D eigenvalue weighted by molar-refractivity contribution is -0.111. The van der Waals surface area contributed by atoms with Crippen molar-refractivity contribution >= 4 is 29.3 Å². The van der Waals surface area contributed by atoms with Crippen LogP contribution >= 0.6 is 11.6 Å². The molecule has 0 radical (unpaired) electrons. The SMILES string of the molecule is O=C(/C=C\c1ccc(OC(F)F)cc1)Nc1cnn(Cc2c(F)cccc2Cl)c1. The highest BCUT2D eigenvalue weighted by molar-refractivity contribution is 6.31. The summed E-state index contributed by atoms with van der Waals surface area (Å²) in [7, 11) is 0. The van der Waals surface area contributed by atoms with Crippen LogP contribution in [0.25, 0.3) is 6.08 Å². The maximum atomic E-state index is 13.9. The second-order valence-electron chi connectivity index (χ2n) is 5.90. The van der Waals surface area contributed by atoms with Crippen LogP contribution in [0.4, 0.5) is 18.9 Å². The molecule has 150 valence electrons. The van der Waals surface area contributed by atoms with Crippen LogP contribution in [0.15, 0.2) is 60.9 Å². The lowest BCUT2D eigenvalue weighted by Gasteiger charge is -2.05.